The van der Waals surface area contributed by atoms with Gasteiger partial charge in [-0.05, 0) is 133 Å². The van der Waals surface area contributed by atoms with Crippen molar-refractivity contribution in [1.29, 1.82) is 0 Å². The van der Waals surface area contributed by atoms with E-state index in [1.165, 1.54) is 83.4 Å². The number of aromatic hydroxyl groups is 1. The topological polar surface area (TPSA) is 70.1 Å². The summed E-state index contributed by atoms with van der Waals surface area (Å²) in [7, 11) is 0. The Morgan fingerprint density at radius 1 is 0.698 bits per heavy atom. The lowest BCUT2D eigenvalue weighted by atomic mass is 10.1. The third-order valence-corrected chi connectivity index (χ3v) is 7.98. The second-order valence-electron chi connectivity index (χ2n) is 11.5. The Bertz CT molecular complexity index is 1000. The average Bonchev–Trinajstić information content (AvgIpc) is 3.04. The number of halogens is 1. The molecule has 2 aliphatic heterocycles. The average molecular weight is 615 g/mol. The lowest BCUT2D eigenvalue weighted by Gasteiger charge is -2.26. The molecule has 1 N–H and O–H groups in total. The van der Waals surface area contributed by atoms with Crippen molar-refractivity contribution >= 4 is 23.2 Å². The number of phenols is 1. The summed E-state index contributed by atoms with van der Waals surface area (Å²) in [6.45, 7) is 12.2. The fourth-order valence-electron chi connectivity index (χ4n) is 5.25. The van der Waals surface area contributed by atoms with Gasteiger partial charge in [-0.25, -0.2) is 0 Å². The molecular formula is C36H55ClN2O4. The fraction of sp³-hybridized carbons (Fsp3) is 0.611. The van der Waals surface area contributed by atoms with Gasteiger partial charge in [-0.3, -0.25) is 9.59 Å². The zero-order valence-electron chi connectivity index (χ0n) is 26.7. The van der Waals surface area contributed by atoms with Crippen molar-refractivity contribution in [2.24, 2.45) is 0 Å². The van der Waals surface area contributed by atoms with E-state index in [-0.39, 0.29) is 17.3 Å². The van der Waals surface area contributed by atoms with Crippen LogP contribution in [0.25, 0.3) is 0 Å². The number of phenolic OH excluding ortho intramolecular Hbond substituents is 1. The third kappa shape index (κ3) is 16.3. The van der Waals surface area contributed by atoms with Gasteiger partial charge < -0.3 is 19.6 Å². The summed E-state index contributed by atoms with van der Waals surface area (Å²) in [6, 6.07) is 13.9. The van der Waals surface area contributed by atoms with Crippen LogP contribution >= 0.6 is 11.6 Å². The number of carbonyl (C=O) groups is 2. The smallest absolute Gasteiger partial charge is 0.162 e. The van der Waals surface area contributed by atoms with Crippen LogP contribution in [0.4, 0.5) is 0 Å². The molecule has 0 amide bonds. The van der Waals surface area contributed by atoms with Crippen molar-refractivity contribution in [2.75, 3.05) is 51.8 Å². The number of rotatable bonds is 14. The van der Waals surface area contributed by atoms with Crippen molar-refractivity contribution in [3.63, 3.8) is 0 Å². The number of likely N-dealkylation sites (tertiary alicyclic amines) is 2. The monoisotopic (exact) mass is 614 g/mol. The molecule has 240 valence electrons. The van der Waals surface area contributed by atoms with Crippen LogP contribution in [0.15, 0.2) is 48.5 Å². The molecule has 0 atom stereocenters. The Kier molecular flexibility index (Phi) is 19.7. The number of Topliss-reactive ketones (excluding diaryl/α,β-unsaturated/α-hetero) is 2. The van der Waals surface area contributed by atoms with Gasteiger partial charge >= 0.3 is 0 Å². The summed E-state index contributed by atoms with van der Waals surface area (Å²) in [6.07, 6.45) is 13.5. The summed E-state index contributed by atoms with van der Waals surface area (Å²) < 4.78 is 5.75. The molecule has 0 saturated carbocycles. The van der Waals surface area contributed by atoms with E-state index in [4.69, 9.17) is 21.4 Å². The van der Waals surface area contributed by atoms with Crippen LogP contribution in [0, 0.1) is 0 Å². The normalized spacial score (nSPS) is 15.4. The van der Waals surface area contributed by atoms with Crippen LogP contribution in [0.5, 0.6) is 11.5 Å². The summed E-state index contributed by atoms with van der Waals surface area (Å²) in [5.74, 6) is 2.23. The SMILES string of the molecule is CCCC(=O)c1ccc(O)cc1.CCCC(=O)c1ccc(OCCCN2CCCCC2)cc1.ClCCCN1CCCCC1. The molecule has 2 aromatic carbocycles. The first-order valence-corrected chi connectivity index (χ1v) is 17.1. The van der Waals surface area contributed by atoms with Crippen LogP contribution in [0.1, 0.15) is 112 Å². The minimum Gasteiger partial charge on any atom is -0.508 e. The molecule has 2 heterocycles. The number of ketones is 2. The Morgan fingerprint density at radius 3 is 1.58 bits per heavy atom. The Morgan fingerprint density at radius 2 is 1.14 bits per heavy atom. The minimum absolute atomic E-state index is 0.137. The maximum atomic E-state index is 11.7. The number of hydrogen-bond donors (Lipinski definition) is 1. The number of hydrogen-bond acceptors (Lipinski definition) is 6. The quantitative estimate of drug-likeness (QED) is 0.131. The predicted octanol–water partition coefficient (Wildman–Crippen LogP) is 8.40. The highest BCUT2D eigenvalue weighted by Gasteiger charge is 2.10. The first kappa shape index (κ1) is 36.8. The van der Waals surface area contributed by atoms with Gasteiger partial charge in [0, 0.05) is 36.4 Å². The molecule has 0 aliphatic carbocycles. The molecule has 0 unspecified atom stereocenters. The number of ether oxygens (including phenoxy) is 1. The van der Waals surface area contributed by atoms with Gasteiger partial charge in [0.05, 0.1) is 6.61 Å². The maximum absolute atomic E-state index is 11.7. The van der Waals surface area contributed by atoms with E-state index in [0.717, 1.165) is 56.0 Å². The number of piperidine rings is 2. The van der Waals surface area contributed by atoms with Gasteiger partial charge in [-0.2, -0.15) is 0 Å². The van der Waals surface area contributed by atoms with Gasteiger partial charge in [0.15, 0.2) is 11.6 Å². The van der Waals surface area contributed by atoms with Gasteiger partial charge in [-0.15, -0.1) is 11.6 Å². The molecule has 0 spiro atoms. The van der Waals surface area contributed by atoms with E-state index in [2.05, 4.69) is 9.80 Å². The summed E-state index contributed by atoms with van der Waals surface area (Å²) in [5.41, 5.74) is 1.46. The molecule has 2 aromatic rings. The fourth-order valence-corrected chi connectivity index (χ4v) is 5.37. The highest BCUT2D eigenvalue weighted by atomic mass is 35.5. The number of alkyl halides is 1. The van der Waals surface area contributed by atoms with E-state index >= 15 is 0 Å². The molecule has 2 fully saturated rings. The third-order valence-electron chi connectivity index (χ3n) is 7.71. The second-order valence-corrected chi connectivity index (χ2v) is 11.8. The summed E-state index contributed by atoms with van der Waals surface area (Å²) in [4.78, 5) is 28.1. The van der Waals surface area contributed by atoms with E-state index < -0.39 is 0 Å². The first-order chi connectivity index (χ1) is 21.0. The van der Waals surface area contributed by atoms with Crippen molar-refractivity contribution in [3.8, 4) is 11.5 Å². The zero-order chi connectivity index (χ0) is 31.1. The Labute approximate surface area is 265 Å². The number of benzene rings is 2. The van der Waals surface area contributed by atoms with E-state index in [9.17, 15) is 9.59 Å². The first-order valence-electron chi connectivity index (χ1n) is 16.6. The maximum Gasteiger partial charge on any atom is 0.162 e. The molecule has 2 aliphatic rings. The molecule has 0 bridgehead atoms. The van der Waals surface area contributed by atoms with Gasteiger partial charge in [0.25, 0.3) is 0 Å². The molecule has 43 heavy (non-hydrogen) atoms. The Balaban J connectivity index is 0.000000248. The van der Waals surface area contributed by atoms with E-state index in [0.29, 0.717) is 18.4 Å². The molecule has 0 aromatic heterocycles. The minimum atomic E-state index is 0.137. The standard InChI is InChI=1S/C18H27NO2.C10H12O2.C8H16ClN/c1-2-7-18(20)16-8-10-17(11-9-16)21-15-6-14-19-12-4-3-5-13-19;1-2-3-10(12)8-4-6-9(11)7-5-8;9-5-4-8-10-6-2-1-3-7-10/h8-11H,2-7,12-15H2,1H3;4-7,11H,2-3H2,1H3;1-8H2. The number of nitrogens with zero attached hydrogens (tertiary/aromatic N) is 2. The predicted molar refractivity (Wildman–Crippen MR) is 179 cm³/mol. The highest BCUT2D eigenvalue weighted by molar-refractivity contribution is 6.17. The van der Waals surface area contributed by atoms with Crippen LogP contribution < -0.4 is 4.74 Å². The molecule has 6 nitrogen and oxygen atoms in total. The highest BCUT2D eigenvalue weighted by Crippen LogP contribution is 2.15. The van der Waals surface area contributed by atoms with Crippen LogP contribution in [0.3, 0.4) is 0 Å². The van der Waals surface area contributed by atoms with E-state index in [1.54, 1.807) is 12.1 Å². The van der Waals surface area contributed by atoms with Crippen molar-refractivity contribution < 1.29 is 19.4 Å². The largest absolute Gasteiger partial charge is 0.508 e. The molecule has 4 rings (SSSR count). The van der Waals surface area contributed by atoms with Gasteiger partial charge in [0.2, 0.25) is 0 Å². The molecule has 0 radical (unpaired) electrons. The van der Waals surface area contributed by atoms with Crippen LogP contribution in [0.2, 0.25) is 0 Å². The van der Waals surface area contributed by atoms with Crippen molar-refractivity contribution in [2.45, 2.75) is 90.9 Å². The molecule has 2 saturated heterocycles. The lowest BCUT2D eigenvalue weighted by molar-refractivity contribution is 0.0973. The van der Waals surface area contributed by atoms with Crippen LogP contribution in [-0.4, -0.2) is 78.2 Å². The van der Waals surface area contributed by atoms with Crippen molar-refractivity contribution in [1.82, 2.24) is 9.80 Å². The second kappa shape index (κ2) is 23.0. The van der Waals surface area contributed by atoms with E-state index in [1.807, 2.05) is 38.1 Å². The van der Waals surface area contributed by atoms with Gasteiger partial charge in [-0.1, -0.05) is 26.7 Å². The van der Waals surface area contributed by atoms with Crippen molar-refractivity contribution in [3.05, 3.63) is 59.7 Å². The lowest BCUT2D eigenvalue weighted by Crippen LogP contribution is -2.31. The summed E-state index contributed by atoms with van der Waals surface area (Å²) >= 11 is 5.59. The number of carbonyl (C=O) groups excluding carboxylic acids is 2. The molecular weight excluding hydrogens is 560 g/mol. The Hall–Kier alpha value is -2.41. The summed E-state index contributed by atoms with van der Waals surface area (Å²) in [5, 5.41) is 8.96. The zero-order valence-corrected chi connectivity index (χ0v) is 27.5. The van der Waals surface area contributed by atoms with Gasteiger partial charge in [0.1, 0.15) is 11.5 Å². The molecule has 7 heteroatoms. The van der Waals surface area contributed by atoms with Crippen LogP contribution in [-0.2, 0) is 0 Å².